The number of rotatable bonds is 5. The quantitative estimate of drug-likeness (QED) is 0.619. The Kier molecular flexibility index (Phi) is 6.22. The zero-order chi connectivity index (χ0) is 19.9. The second kappa shape index (κ2) is 8.99. The molecule has 0 radical (unpaired) electrons. The van der Waals surface area contributed by atoms with Crippen molar-refractivity contribution in [3.8, 4) is 0 Å². The highest BCUT2D eigenvalue weighted by Gasteiger charge is 2.34. The highest BCUT2D eigenvalue weighted by atomic mass is 16.2. The summed E-state index contributed by atoms with van der Waals surface area (Å²) >= 11 is 0. The zero-order valence-electron chi connectivity index (χ0n) is 15.7. The molecule has 1 aliphatic rings. The van der Waals surface area contributed by atoms with Gasteiger partial charge in [0.25, 0.3) is 5.91 Å². The molecule has 2 N–H and O–H groups in total. The summed E-state index contributed by atoms with van der Waals surface area (Å²) in [6, 6.07) is 17.4. The van der Waals surface area contributed by atoms with Crippen LogP contribution in [0.4, 0.5) is 0 Å². The molecule has 6 heteroatoms. The first-order valence-electron chi connectivity index (χ1n) is 9.17. The number of hydrogen-bond acceptors (Lipinski definition) is 3. The van der Waals surface area contributed by atoms with Crippen LogP contribution in [0.2, 0.25) is 0 Å². The van der Waals surface area contributed by atoms with Crippen LogP contribution in [0.25, 0.3) is 6.08 Å². The van der Waals surface area contributed by atoms with Crippen LogP contribution in [-0.4, -0.2) is 29.2 Å². The smallest absolute Gasteiger partial charge is 0.262 e. The van der Waals surface area contributed by atoms with Crippen molar-refractivity contribution >= 4 is 23.8 Å². The number of nitrogens with zero attached hydrogens (tertiary/aromatic N) is 1. The van der Waals surface area contributed by atoms with Gasteiger partial charge in [0.15, 0.2) is 0 Å². The molecule has 3 rings (SSSR count). The van der Waals surface area contributed by atoms with Gasteiger partial charge >= 0.3 is 0 Å². The van der Waals surface area contributed by atoms with Crippen LogP contribution in [0.3, 0.4) is 0 Å². The number of hydrogen-bond donors (Lipinski definition) is 2. The summed E-state index contributed by atoms with van der Waals surface area (Å²) in [5, 5.41) is 0. The number of likely N-dealkylation sites (tertiary alicyclic amines) is 1. The van der Waals surface area contributed by atoms with Gasteiger partial charge in [0.2, 0.25) is 11.8 Å². The normalized spacial score (nSPS) is 16.4. The van der Waals surface area contributed by atoms with Crippen molar-refractivity contribution in [2.45, 2.75) is 19.9 Å². The van der Waals surface area contributed by atoms with Gasteiger partial charge < -0.3 is 4.90 Å². The fraction of sp³-hybridized carbons (Fsp3) is 0.227. The summed E-state index contributed by atoms with van der Waals surface area (Å²) < 4.78 is 0. The van der Waals surface area contributed by atoms with Crippen molar-refractivity contribution in [3.63, 3.8) is 0 Å². The summed E-state index contributed by atoms with van der Waals surface area (Å²) in [6.45, 7) is 2.81. The minimum Gasteiger partial charge on any atom is -0.338 e. The molecule has 0 aliphatic carbocycles. The first-order chi connectivity index (χ1) is 13.5. The van der Waals surface area contributed by atoms with Crippen molar-refractivity contribution < 1.29 is 14.4 Å². The van der Waals surface area contributed by atoms with E-state index in [-0.39, 0.29) is 18.2 Å². The van der Waals surface area contributed by atoms with Crippen LogP contribution in [0, 0.1) is 12.8 Å². The third-order valence-corrected chi connectivity index (χ3v) is 4.61. The predicted molar refractivity (Wildman–Crippen MR) is 106 cm³/mol. The first-order valence-corrected chi connectivity index (χ1v) is 9.17. The molecule has 1 fully saturated rings. The lowest BCUT2D eigenvalue weighted by Crippen LogP contribution is -2.44. The Morgan fingerprint density at radius 1 is 1.07 bits per heavy atom. The molecule has 0 aromatic heterocycles. The largest absolute Gasteiger partial charge is 0.338 e. The monoisotopic (exact) mass is 377 g/mol. The number of amides is 3. The Morgan fingerprint density at radius 3 is 2.50 bits per heavy atom. The fourth-order valence-corrected chi connectivity index (χ4v) is 3.02. The lowest BCUT2D eigenvalue weighted by Gasteiger charge is -2.16. The molecule has 3 amide bonds. The number of carbonyl (C=O) groups excluding carboxylic acids is 3. The first kappa shape index (κ1) is 19.4. The summed E-state index contributed by atoms with van der Waals surface area (Å²) in [5.41, 5.74) is 7.82. The maximum atomic E-state index is 12.3. The summed E-state index contributed by atoms with van der Waals surface area (Å²) in [4.78, 5) is 38.0. The fourth-order valence-electron chi connectivity index (χ4n) is 3.02. The Labute approximate surface area is 164 Å². The molecular formula is C22H23N3O3. The maximum Gasteiger partial charge on any atom is 0.262 e. The molecule has 2 aromatic rings. The standard InChI is InChI=1S/C22H23N3O3/c1-16-7-9-17(10-8-16)11-12-20(26)23-24-22(28)19-13-21(27)25(15-19)14-18-5-3-2-4-6-18/h2-12,19H,13-15H2,1H3,(H,23,26)(H,24,28)/b12-11+. The number of carbonyl (C=O) groups is 3. The van der Waals surface area contributed by atoms with Gasteiger partial charge in [-0.1, -0.05) is 60.2 Å². The summed E-state index contributed by atoms with van der Waals surface area (Å²) in [6.07, 6.45) is 3.17. The molecule has 28 heavy (non-hydrogen) atoms. The van der Waals surface area contributed by atoms with Gasteiger partial charge in [-0.05, 0) is 24.1 Å². The number of hydrazine groups is 1. The molecule has 1 saturated heterocycles. The lowest BCUT2D eigenvalue weighted by atomic mass is 10.1. The molecule has 0 spiro atoms. The molecule has 0 bridgehead atoms. The maximum absolute atomic E-state index is 12.3. The van der Waals surface area contributed by atoms with Gasteiger partial charge in [0.1, 0.15) is 0 Å². The number of nitrogens with one attached hydrogen (secondary N) is 2. The van der Waals surface area contributed by atoms with E-state index in [9.17, 15) is 14.4 Å². The second-order valence-corrected chi connectivity index (χ2v) is 6.88. The van der Waals surface area contributed by atoms with E-state index < -0.39 is 11.8 Å². The van der Waals surface area contributed by atoms with E-state index in [2.05, 4.69) is 10.9 Å². The molecule has 1 heterocycles. The van der Waals surface area contributed by atoms with Crippen molar-refractivity contribution in [1.82, 2.24) is 15.8 Å². The van der Waals surface area contributed by atoms with Gasteiger partial charge in [-0.25, -0.2) is 0 Å². The van der Waals surface area contributed by atoms with Gasteiger partial charge in [-0.3, -0.25) is 25.2 Å². The van der Waals surface area contributed by atoms with Crippen LogP contribution >= 0.6 is 0 Å². The van der Waals surface area contributed by atoms with Gasteiger partial charge in [0, 0.05) is 25.6 Å². The molecule has 1 unspecified atom stereocenters. The molecule has 6 nitrogen and oxygen atoms in total. The highest BCUT2D eigenvalue weighted by Crippen LogP contribution is 2.20. The summed E-state index contributed by atoms with van der Waals surface area (Å²) in [7, 11) is 0. The van der Waals surface area contributed by atoms with E-state index in [1.807, 2.05) is 61.5 Å². The van der Waals surface area contributed by atoms with E-state index in [1.54, 1.807) is 11.0 Å². The van der Waals surface area contributed by atoms with Crippen LogP contribution in [0.15, 0.2) is 60.7 Å². The number of aryl methyl sites for hydroxylation is 1. The van der Waals surface area contributed by atoms with Crippen molar-refractivity contribution in [3.05, 3.63) is 77.4 Å². The SMILES string of the molecule is Cc1ccc(/C=C/C(=O)NNC(=O)C2CC(=O)N(Cc3ccccc3)C2)cc1. The van der Waals surface area contributed by atoms with Gasteiger partial charge in [0.05, 0.1) is 5.92 Å². The number of benzene rings is 2. The molecule has 2 aromatic carbocycles. The Balaban J connectivity index is 1.46. The highest BCUT2D eigenvalue weighted by molar-refractivity contribution is 5.94. The Bertz CT molecular complexity index is 876. The van der Waals surface area contributed by atoms with Crippen LogP contribution in [-0.2, 0) is 20.9 Å². The second-order valence-electron chi connectivity index (χ2n) is 6.88. The Morgan fingerprint density at radius 2 is 1.79 bits per heavy atom. The Hall–Kier alpha value is -3.41. The average Bonchev–Trinajstić information content (AvgIpc) is 3.07. The van der Waals surface area contributed by atoms with E-state index in [0.29, 0.717) is 13.1 Å². The van der Waals surface area contributed by atoms with Crippen molar-refractivity contribution in [2.24, 2.45) is 5.92 Å². The minimum atomic E-state index is -0.474. The van der Waals surface area contributed by atoms with Crippen molar-refractivity contribution in [1.29, 1.82) is 0 Å². The molecular weight excluding hydrogens is 354 g/mol. The topological polar surface area (TPSA) is 78.5 Å². The van der Waals surface area contributed by atoms with E-state index in [1.165, 1.54) is 6.08 Å². The minimum absolute atomic E-state index is 0.0606. The lowest BCUT2D eigenvalue weighted by molar-refractivity contribution is -0.130. The molecule has 144 valence electrons. The predicted octanol–water partition coefficient (Wildman–Crippen LogP) is 2.20. The average molecular weight is 377 g/mol. The third kappa shape index (κ3) is 5.30. The van der Waals surface area contributed by atoms with Gasteiger partial charge in [-0.2, -0.15) is 0 Å². The zero-order valence-corrected chi connectivity index (χ0v) is 15.7. The molecule has 1 aliphatic heterocycles. The van der Waals surface area contributed by atoms with Crippen LogP contribution in [0.1, 0.15) is 23.1 Å². The van der Waals surface area contributed by atoms with Crippen LogP contribution < -0.4 is 10.9 Å². The third-order valence-electron chi connectivity index (χ3n) is 4.61. The van der Waals surface area contributed by atoms with Gasteiger partial charge in [-0.15, -0.1) is 0 Å². The van der Waals surface area contributed by atoms with E-state index in [0.717, 1.165) is 16.7 Å². The van der Waals surface area contributed by atoms with Crippen LogP contribution in [0.5, 0.6) is 0 Å². The summed E-state index contributed by atoms with van der Waals surface area (Å²) in [5.74, 6) is -1.33. The van der Waals surface area contributed by atoms with E-state index in [4.69, 9.17) is 0 Å². The molecule has 1 atom stereocenters. The van der Waals surface area contributed by atoms with Crippen molar-refractivity contribution in [2.75, 3.05) is 6.54 Å². The molecule has 0 saturated carbocycles. The van der Waals surface area contributed by atoms with E-state index >= 15 is 0 Å².